The van der Waals surface area contributed by atoms with Gasteiger partial charge in [-0.25, -0.2) is 4.79 Å². The van der Waals surface area contributed by atoms with E-state index in [0.717, 1.165) is 0 Å². The van der Waals surface area contributed by atoms with Crippen molar-refractivity contribution in [2.75, 3.05) is 13.7 Å². The Morgan fingerprint density at radius 3 is 2.60 bits per heavy atom. The number of fused-ring (bicyclic) bond motifs is 2. The van der Waals surface area contributed by atoms with Crippen LogP contribution < -0.4 is 14.2 Å². The maximum Gasteiger partial charge on any atom is 0.342 e. The molecule has 0 aliphatic carbocycles. The normalized spacial score (nSPS) is 20.2. The van der Waals surface area contributed by atoms with Gasteiger partial charge in [-0.15, -0.1) is 0 Å². The number of hydrogen-bond acceptors (Lipinski definition) is 8. The number of carbonyl (C=O) groups excluding carboxylic acids is 3. The van der Waals surface area contributed by atoms with E-state index in [1.165, 1.54) is 0 Å². The van der Waals surface area contributed by atoms with Crippen LogP contribution in [0.15, 0.2) is 30.3 Å². The minimum Gasteiger partial charge on any atom is -0.507 e. The molecule has 2 aromatic rings. The van der Waals surface area contributed by atoms with E-state index < -0.39 is 24.0 Å². The predicted molar refractivity (Wildman–Crippen MR) is 150 cm³/mol. The quantitative estimate of drug-likeness (QED) is 0.339. The molecule has 0 spiro atoms. The first-order valence-corrected chi connectivity index (χ1v) is 14.0. The van der Waals surface area contributed by atoms with Crippen LogP contribution in [-0.4, -0.2) is 42.6 Å². The van der Waals surface area contributed by atoms with Crippen molar-refractivity contribution in [3.63, 3.8) is 0 Å². The van der Waals surface area contributed by atoms with Crippen molar-refractivity contribution < 1.29 is 38.4 Å². The number of phenolic OH excluding ortho intramolecular Hbond substituents is 1. The summed E-state index contributed by atoms with van der Waals surface area (Å²) in [6.45, 7) is 6.40. The number of hydrogen-bond donors (Lipinski definition) is 1. The van der Waals surface area contributed by atoms with E-state index in [1.54, 1.807) is 38.3 Å². The smallest absolute Gasteiger partial charge is 0.342 e. The molecule has 214 valence electrons. The molecule has 2 aliphatic heterocycles. The van der Waals surface area contributed by atoms with E-state index in [9.17, 15) is 19.5 Å². The highest BCUT2D eigenvalue weighted by Gasteiger charge is 2.36. The minimum absolute atomic E-state index is 0.0238. The number of aromatic hydroxyl groups is 1. The van der Waals surface area contributed by atoms with Crippen LogP contribution in [-0.2, 0) is 14.3 Å². The summed E-state index contributed by atoms with van der Waals surface area (Å²) in [5.74, 6) is -0.157. The summed E-state index contributed by atoms with van der Waals surface area (Å²) >= 11 is 0. The number of methoxy groups -OCH3 is 1. The van der Waals surface area contributed by atoms with Gasteiger partial charge < -0.3 is 24.1 Å². The summed E-state index contributed by atoms with van der Waals surface area (Å²) in [6, 6.07) is 7.01. The van der Waals surface area contributed by atoms with E-state index >= 15 is 0 Å². The van der Waals surface area contributed by atoms with Gasteiger partial charge in [0.15, 0.2) is 11.5 Å². The number of allylic oxidation sites excluding steroid dienone is 1. The molecular weight excluding hydrogens is 512 g/mol. The molecule has 2 aliphatic rings. The van der Waals surface area contributed by atoms with Crippen LogP contribution in [0, 0.1) is 5.92 Å². The van der Waals surface area contributed by atoms with Gasteiger partial charge >= 0.3 is 11.9 Å². The fourth-order valence-electron chi connectivity index (χ4n) is 5.08. The van der Waals surface area contributed by atoms with Crippen molar-refractivity contribution in [3.05, 3.63) is 52.6 Å². The van der Waals surface area contributed by atoms with Gasteiger partial charge in [0.25, 0.3) is 0 Å². The predicted octanol–water partition coefficient (Wildman–Crippen LogP) is 6.36. The average molecular weight is 551 g/mol. The van der Waals surface area contributed by atoms with Gasteiger partial charge in [-0.1, -0.05) is 32.1 Å². The first-order valence-electron chi connectivity index (χ1n) is 14.0. The second kappa shape index (κ2) is 13.0. The van der Waals surface area contributed by atoms with Gasteiger partial charge in [-0.3, -0.25) is 9.59 Å². The Hall–Kier alpha value is -3.81. The van der Waals surface area contributed by atoms with Crippen LogP contribution in [0.25, 0.3) is 6.08 Å². The van der Waals surface area contributed by atoms with Crippen LogP contribution in [0.1, 0.15) is 98.7 Å². The number of carbonyl (C=O) groups is 3. The zero-order valence-electron chi connectivity index (χ0n) is 23.7. The summed E-state index contributed by atoms with van der Waals surface area (Å²) in [4.78, 5) is 38.2. The number of phenols is 1. The van der Waals surface area contributed by atoms with Crippen LogP contribution in [0.4, 0.5) is 0 Å². The third-order valence-electron chi connectivity index (χ3n) is 7.14. The van der Waals surface area contributed by atoms with E-state index in [0.29, 0.717) is 79.2 Å². The fourth-order valence-corrected chi connectivity index (χ4v) is 5.08. The maximum atomic E-state index is 13.4. The molecule has 0 fully saturated rings. The van der Waals surface area contributed by atoms with Crippen LogP contribution in [0.3, 0.4) is 0 Å². The van der Waals surface area contributed by atoms with Gasteiger partial charge in [-0.2, -0.15) is 0 Å². The topological polar surface area (TPSA) is 108 Å². The van der Waals surface area contributed by atoms with Crippen molar-refractivity contribution in [3.8, 4) is 23.0 Å². The van der Waals surface area contributed by atoms with Gasteiger partial charge in [0, 0.05) is 24.3 Å². The molecule has 0 bridgehead atoms. The van der Waals surface area contributed by atoms with Crippen molar-refractivity contribution in [1.82, 2.24) is 0 Å². The molecule has 8 nitrogen and oxygen atoms in total. The number of Topliss-reactive ketones (excluding diaryl/α,β-unsaturated/α-hetero) is 1. The van der Waals surface area contributed by atoms with Crippen molar-refractivity contribution in [2.45, 2.75) is 77.7 Å². The Bertz CT molecular complexity index is 1290. The molecule has 0 saturated carbocycles. The molecule has 8 heteroatoms. The van der Waals surface area contributed by atoms with Gasteiger partial charge in [0.2, 0.25) is 0 Å². The fraction of sp³-hybridized carbons (Fsp3) is 0.469. The third kappa shape index (κ3) is 6.84. The lowest BCUT2D eigenvalue weighted by Gasteiger charge is -2.28. The number of benzene rings is 2. The van der Waals surface area contributed by atoms with Crippen molar-refractivity contribution in [1.29, 1.82) is 0 Å². The number of ketones is 1. The highest BCUT2D eigenvalue weighted by atomic mass is 16.5. The zero-order valence-corrected chi connectivity index (χ0v) is 23.7. The maximum absolute atomic E-state index is 13.4. The van der Waals surface area contributed by atoms with Crippen LogP contribution in [0.5, 0.6) is 23.0 Å². The highest BCUT2D eigenvalue weighted by molar-refractivity contribution is 5.98. The Balaban J connectivity index is 1.78. The standard InChI is InChI=1S/C32H38O8/c1-19(2)18-38-25-14-13-21(15-26(25)37-4)24-17-28(34)40-27-16-22-10-6-5-7-11-23(33)12-8-9-20(3)39-32(36)29(22)31(35)30(24)27/h6,10,13-16,19-20,24,35H,5,7-9,11-12,17-18H2,1-4H3/t20-,24-/m1/s1. The molecule has 40 heavy (non-hydrogen) atoms. The molecule has 1 N–H and O–H groups in total. The summed E-state index contributed by atoms with van der Waals surface area (Å²) in [7, 11) is 1.55. The number of cyclic esters (lactones) is 1. The molecule has 2 aromatic carbocycles. The largest absolute Gasteiger partial charge is 0.507 e. The van der Waals surface area contributed by atoms with E-state index in [1.807, 2.05) is 12.1 Å². The average Bonchev–Trinajstić information content (AvgIpc) is 2.90. The van der Waals surface area contributed by atoms with Gasteiger partial charge in [0.1, 0.15) is 22.8 Å². The Kier molecular flexibility index (Phi) is 9.50. The summed E-state index contributed by atoms with van der Waals surface area (Å²) in [5, 5.41) is 11.6. The van der Waals surface area contributed by atoms with Crippen LogP contribution >= 0.6 is 0 Å². The second-order valence-corrected chi connectivity index (χ2v) is 10.9. The first kappa shape index (κ1) is 29.2. The number of esters is 2. The summed E-state index contributed by atoms with van der Waals surface area (Å²) in [6.07, 6.45) is 6.53. The third-order valence-corrected chi connectivity index (χ3v) is 7.14. The second-order valence-electron chi connectivity index (χ2n) is 10.9. The highest BCUT2D eigenvalue weighted by Crippen LogP contribution is 2.48. The lowest BCUT2D eigenvalue weighted by Crippen LogP contribution is -2.23. The minimum atomic E-state index is -0.665. The van der Waals surface area contributed by atoms with Crippen LogP contribution in [0.2, 0.25) is 0 Å². The van der Waals surface area contributed by atoms with Gasteiger partial charge in [0.05, 0.1) is 26.2 Å². The molecule has 0 unspecified atom stereocenters. The monoisotopic (exact) mass is 550 g/mol. The lowest BCUT2D eigenvalue weighted by molar-refractivity contribution is -0.135. The number of rotatable bonds is 5. The van der Waals surface area contributed by atoms with E-state index in [4.69, 9.17) is 18.9 Å². The van der Waals surface area contributed by atoms with Crippen molar-refractivity contribution in [2.24, 2.45) is 5.92 Å². The Morgan fingerprint density at radius 1 is 1.07 bits per heavy atom. The lowest BCUT2D eigenvalue weighted by atomic mass is 9.83. The molecule has 0 aromatic heterocycles. The zero-order chi connectivity index (χ0) is 28.8. The Morgan fingerprint density at radius 2 is 1.85 bits per heavy atom. The Labute approximate surface area is 235 Å². The van der Waals surface area contributed by atoms with E-state index in [-0.39, 0.29) is 29.3 Å². The summed E-state index contributed by atoms with van der Waals surface area (Å²) < 4.78 is 22.7. The molecule has 0 saturated heterocycles. The molecule has 2 heterocycles. The molecular formula is C32H38O8. The molecule has 0 amide bonds. The number of ether oxygens (including phenoxy) is 4. The molecule has 4 rings (SSSR count). The van der Waals surface area contributed by atoms with E-state index in [2.05, 4.69) is 13.8 Å². The summed E-state index contributed by atoms with van der Waals surface area (Å²) in [5.41, 5.74) is 1.48. The SMILES string of the molecule is COc1cc([C@H]2CC(=O)Oc3cc4c(c(O)c32)C(=O)O[C@H](C)CCCC(=O)CCCC=C4)ccc1OCC(C)C. The van der Waals surface area contributed by atoms with Gasteiger partial charge in [-0.05, 0) is 67.9 Å². The van der Waals surface area contributed by atoms with Crippen molar-refractivity contribution >= 4 is 23.8 Å². The first-order chi connectivity index (χ1) is 19.2. The molecule has 0 radical (unpaired) electrons. The molecule has 2 atom stereocenters.